The van der Waals surface area contributed by atoms with Gasteiger partial charge in [-0.2, -0.15) is 4.31 Å². The molecular formula is C19H21N3O4S. The molecule has 2 N–H and O–H groups in total. The van der Waals surface area contributed by atoms with E-state index in [1.807, 2.05) is 6.07 Å². The number of nitrogens with one attached hydrogen (secondary N) is 2. The van der Waals surface area contributed by atoms with E-state index in [1.54, 1.807) is 30.3 Å². The predicted molar refractivity (Wildman–Crippen MR) is 102 cm³/mol. The third kappa shape index (κ3) is 3.19. The maximum atomic E-state index is 13.3. The number of amides is 2. The summed E-state index contributed by atoms with van der Waals surface area (Å²) in [5, 5.41) is 6.93. The molecule has 142 valence electrons. The van der Waals surface area contributed by atoms with E-state index in [1.165, 1.54) is 11.2 Å². The second-order valence-electron chi connectivity index (χ2n) is 7.13. The minimum absolute atomic E-state index is 0.00522. The van der Waals surface area contributed by atoms with E-state index in [4.69, 9.17) is 0 Å². The van der Waals surface area contributed by atoms with Gasteiger partial charge in [-0.15, -0.1) is 0 Å². The number of fused-ring (bicyclic) bond motifs is 2. The Bertz CT molecular complexity index is 1030. The zero-order valence-electron chi connectivity index (χ0n) is 14.9. The van der Waals surface area contributed by atoms with Crippen molar-refractivity contribution in [3.05, 3.63) is 36.4 Å². The van der Waals surface area contributed by atoms with Crippen LogP contribution in [0.2, 0.25) is 0 Å². The first kappa shape index (κ1) is 17.9. The van der Waals surface area contributed by atoms with Gasteiger partial charge in [-0.3, -0.25) is 9.59 Å². The summed E-state index contributed by atoms with van der Waals surface area (Å²) >= 11 is 0. The van der Waals surface area contributed by atoms with Gasteiger partial charge in [0.15, 0.2) is 0 Å². The Morgan fingerprint density at radius 3 is 2.67 bits per heavy atom. The van der Waals surface area contributed by atoms with E-state index in [-0.39, 0.29) is 28.7 Å². The van der Waals surface area contributed by atoms with Gasteiger partial charge in [-0.1, -0.05) is 24.3 Å². The Balaban J connectivity index is 1.73. The molecule has 0 unspecified atom stereocenters. The minimum Gasteiger partial charge on any atom is -0.353 e. The van der Waals surface area contributed by atoms with Crippen LogP contribution in [0.1, 0.15) is 19.8 Å². The average molecular weight is 387 g/mol. The number of nitrogens with zero attached hydrogens (tertiary/aromatic N) is 1. The molecule has 2 aromatic rings. The lowest BCUT2D eigenvalue weighted by Gasteiger charge is -2.33. The number of piperidine rings is 1. The van der Waals surface area contributed by atoms with Gasteiger partial charge >= 0.3 is 0 Å². The molecule has 2 aliphatic rings. The summed E-state index contributed by atoms with van der Waals surface area (Å²) in [5.41, 5.74) is 0.585. The van der Waals surface area contributed by atoms with Crippen molar-refractivity contribution in [3.63, 3.8) is 0 Å². The van der Waals surface area contributed by atoms with Crippen LogP contribution < -0.4 is 10.6 Å². The third-order valence-corrected chi connectivity index (χ3v) is 7.23. The molecule has 0 bridgehead atoms. The summed E-state index contributed by atoms with van der Waals surface area (Å²) in [6.07, 6.45) is 0.996. The SMILES string of the molecule is CC(=O)Nc1ccc(S(=O)(=O)N2CC[C@@H]3NC(=O)C[C@@H]3C2)c2ccccc12. The molecule has 27 heavy (non-hydrogen) atoms. The predicted octanol–water partition coefficient (Wildman–Crippen LogP) is 1.70. The normalized spacial score (nSPS) is 23.1. The van der Waals surface area contributed by atoms with Gasteiger partial charge < -0.3 is 10.6 Å². The molecule has 0 aliphatic carbocycles. The second kappa shape index (κ2) is 6.61. The molecule has 8 heteroatoms. The average Bonchev–Trinajstić information content (AvgIpc) is 3.00. The smallest absolute Gasteiger partial charge is 0.243 e. The Morgan fingerprint density at radius 2 is 1.93 bits per heavy atom. The van der Waals surface area contributed by atoms with Gasteiger partial charge in [0, 0.05) is 54.9 Å². The molecule has 2 atom stereocenters. The first-order valence-corrected chi connectivity index (χ1v) is 10.4. The van der Waals surface area contributed by atoms with Crippen molar-refractivity contribution in [1.82, 2.24) is 9.62 Å². The zero-order chi connectivity index (χ0) is 19.2. The van der Waals surface area contributed by atoms with Crippen molar-refractivity contribution < 1.29 is 18.0 Å². The van der Waals surface area contributed by atoms with Crippen molar-refractivity contribution in [2.24, 2.45) is 5.92 Å². The molecule has 0 saturated carbocycles. The van der Waals surface area contributed by atoms with E-state index >= 15 is 0 Å². The molecule has 2 aromatic carbocycles. The number of hydrogen-bond donors (Lipinski definition) is 2. The molecule has 7 nitrogen and oxygen atoms in total. The van der Waals surface area contributed by atoms with E-state index in [2.05, 4.69) is 10.6 Å². The quantitative estimate of drug-likeness (QED) is 0.838. The third-order valence-electron chi connectivity index (χ3n) is 5.30. The van der Waals surface area contributed by atoms with Crippen LogP contribution in [0.5, 0.6) is 0 Å². The lowest BCUT2D eigenvalue weighted by molar-refractivity contribution is -0.119. The van der Waals surface area contributed by atoms with Crippen molar-refractivity contribution in [3.8, 4) is 0 Å². The molecule has 0 radical (unpaired) electrons. The molecule has 2 aliphatic heterocycles. The van der Waals surface area contributed by atoms with Crippen LogP contribution in [0, 0.1) is 5.92 Å². The molecule has 4 rings (SSSR count). The number of carbonyl (C=O) groups is 2. The first-order valence-electron chi connectivity index (χ1n) is 8.95. The second-order valence-corrected chi connectivity index (χ2v) is 9.03. The standard InChI is InChI=1S/C19H21N3O4S/c1-12(23)20-17-6-7-18(15-5-3-2-4-14(15)17)27(25,26)22-9-8-16-13(11-22)10-19(24)21-16/h2-7,13,16H,8-11H2,1H3,(H,20,23)(H,21,24)/t13-,16+/m1/s1. The van der Waals surface area contributed by atoms with Crippen LogP contribution in [0.3, 0.4) is 0 Å². The van der Waals surface area contributed by atoms with Crippen LogP contribution in [-0.4, -0.2) is 43.7 Å². The van der Waals surface area contributed by atoms with Crippen molar-refractivity contribution in [1.29, 1.82) is 0 Å². The summed E-state index contributed by atoms with van der Waals surface area (Å²) in [6.45, 7) is 2.14. The number of hydrogen-bond acceptors (Lipinski definition) is 4. The van der Waals surface area contributed by atoms with Crippen LogP contribution in [0.4, 0.5) is 5.69 Å². The monoisotopic (exact) mass is 387 g/mol. The summed E-state index contributed by atoms with van der Waals surface area (Å²) in [4.78, 5) is 23.3. The van der Waals surface area contributed by atoms with Crippen molar-refractivity contribution in [2.45, 2.75) is 30.7 Å². The Kier molecular flexibility index (Phi) is 4.39. The summed E-state index contributed by atoms with van der Waals surface area (Å²) in [7, 11) is -3.71. The Labute approximate surface area is 157 Å². The van der Waals surface area contributed by atoms with Gasteiger partial charge in [0.1, 0.15) is 0 Å². The Hall–Kier alpha value is -2.45. The fourth-order valence-corrected chi connectivity index (χ4v) is 5.76. The summed E-state index contributed by atoms with van der Waals surface area (Å²) in [6, 6.07) is 10.4. The molecule has 2 saturated heterocycles. The zero-order valence-corrected chi connectivity index (χ0v) is 15.8. The highest BCUT2D eigenvalue weighted by Crippen LogP contribution is 2.34. The topological polar surface area (TPSA) is 95.6 Å². The lowest BCUT2D eigenvalue weighted by atomic mass is 9.95. The van der Waals surface area contributed by atoms with Gasteiger partial charge in [0.05, 0.1) is 4.90 Å². The van der Waals surface area contributed by atoms with Crippen LogP contribution in [0.25, 0.3) is 10.8 Å². The number of carbonyl (C=O) groups excluding carboxylic acids is 2. The number of benzene rings is 2. The fourth-order valence-electron chi connectivity index (χ4n) is 4.05. The number of anilines is 1. The number of sulfonamides is 1. The van der Waals surface area contributed by atoms with Gasteiger partial charge in [-0.25, -0.2) is 8.42 Å². The highest BCUT2D eigenvalue weighted by Gasteiger charge is 2.41. The highest BCUT2D eigenvalue weighted by atomic mass is 32.2. The summed E-state index contributed by atoms with van der Waals surface area (Å²) < 4.78 is 28.2. The molecular weight excluding hydrogens is 366 g/mol. The fraction of sp³-hybridized carbons (Fsp3) is 0.368. The largest absolute Gasteiger partial charge is 0.353 e. The van der Waals surface area contributed by atoms with Gasteiger partial charge in [0.2, 0.25) is 21.8 Å². The molecule has 0 spiro atoms. The maximum Gasteiger partial charge on any atom is 0.243 e. The minimum atomic E-state index is -3.71. The van der Waals surface area contributed by atoms with E-state index in [0.717, 1.165) is 0 Å². The molecule has 0 aromatic heterocycles. The highest BCUT2D eigenvalue weighted by molar-refractivity contribution is 7.89. The van der Waals surface area contributed by atoms with Gasteiger partial charge in [0.25, 0.3) is 0 Å². The molecule has 2 heterocycles. The van der Waals surface area contributed by atoms with Gasteiger partial charge in [-0.05, 0) is 18.6 Å². The number of rotatable bonds is 3. The Morgan fingerprint density at radius 1 is 1.19 bits per heavy atom. The van der Waals surface area contributed by atoms with Crippen molar-refractivity contribution in [2.75, 3.05) is 18.4 Å². The van der Waals surface area contributed by atoms with Crippen LogP contribution in [-0.2, 0) is 19.6 Å². The van der Waals surface area contributed by atoms with E-state index in [0.29, 0.717) is 42.4 Å². The van der Waals surface area contributed by atoms with Crippen LogP contribution in [0.15, 0.2) is 41.3 Å². The first-order chi connectivity index (χ1) is 12.9. The van der Waals surface area contributed by atoms with E-state index in [9.17, 15) is 18.0 Å². The lowest BCUT2D eigenvalue weighted by Crippen LogP contribution is -2.46. The van der Waals surface area contributed by atoms with E-state index < -0.39 is 10.0 Å². The summed E-state index contributed by atoms with van der Waals surface area (Å²) in [5.74, 6) is -0.198. The van der Waals surface area contributed by atoms with Crippen molar-refractivity contribution >= 4 is 38.3 Å². The van der Waals surface area contributed by atoms with Crippen LogP contribution >= 0.6 is 0 Å². The molecule has 2 amide bonds. The maximum absolute atomic E-state index is 13.3. The molecule has 2 fully saturated rings.